The van der Waals surface area contributed by atoms with Crippen LogP contribution in [0.1, 0.15) is 55.8 Å². The first-order valence-corrected chi connectivity index (χ1v) is 14.0. The normalized spacial score (nSPS) is 28.5. The summed E-state index contributed by atoms with van der Waals surface area (Å²) in [6, 6.07) is 6.14. The number of ketones is 1. The predicted octanol–water partition coefficient (Wildman–Crippen LogP) is 6.20. The number of allylic oxidation sites excluding steroid dienone is 3. The Morgan fingerprint density at radius 3 is 2.73 bits per heavy atom. The number of aromatic hydroxyl groups is 2. The van der Waals surface area contributed by atoms with Gasteiger partial charge >= 0.3 is 5.97 Å². The number of rotatable bonds is 7. The fourth-order valence-electron chi connectivity index (χ4n) is 6.53. The van der Waals surface area contributed by atoms with Gasteiger partial charge in [-0.15, -0.1) is 11.3 Å². The lowest BCUT2D eigenvalue weighted by Gasteiger charge is -2.59. The van der Waals surface area contributed by atoms with Gasteiger partial charge in [0.05, 0.1) is 9.11 Å². The van der Waals surface area contributed by atoms with E-state index in [1.54, 1.807) is 11.3 Å². The molecule has 37 heavy (non-hydrogen) atoms. The van der Waals surface area contributed by atoms with Gasteiger partial charge in [0.1, 0.15) is 17.0 Å². The summed E-state index contributed by atoms with van der Waals surface area (Å²) in [6.45, 7) is 6.31. The largest absolute Gasteiger partial charge is 0.506 e. The maximum Gasteiger partial charge on any atom is 0.339 e. The van der Waals surface area contributed by atoms with Crippen LogP contribution in [0.4, 0.5) is 5.69 Å². The number of carbonyl (C=O) groups is 3. The van der Waals surface area contributed by atoms with Gasteiger partial charge in [-0.25, -0.2) is 4.79 Å². The molecule has 3 fully saturated rings. The maximum atomic E-state index is 14.0. The van der Waals surface area contributed by atoms with E-state index in [2.05, 4.69) is 18.0 Å². The van der Waals surface area contributed by atoms with Crippen molar-refractivity contribution in [3.05, 3.63) is 58.3 Å². The van der Waals surface area contributed by atoms with E-state index in [9.17, 15) is 29.7 Å². The van der Waals surface area contributed by atoms with Crippen LogP contribution in [0.2, 0.25) is 0 Å². The second-order valence-corrected chi connectivity index (χ2v) is 12.9. The van der Waals surface area contributed by atoms with Crippen LogP contribution in [-0.2, 0) is 9.59 Å². The van der Waals surface area contributed by atoms with E-state index in [1.165, 1.54) is 17.3 Å². The Balaban J connectivity index is 1.41. The number of fused-ring (bicyclic) bond motifs is 2. The number of hydrogen-bond donors (Lipinski definition) is 4. The third kappa shape index (κ3) is 4.38. The molecule has 194 valence electrons. The van der Waals surface area contributed by atoms with Crippen molar-refractivity contribution in [1.29, 1.82) is 0 Å². The number of phenolic OH excluding ortho intramolecular Hbond substituents is 1. The monoisotopic (exact) mass is 539 g/mol. The van der Waals surface area contributed by atoms with Gasteiger partial charge in [0, 0.05) is 11.8 Å². The molecule has 7 nitrogen and oxygen atoms in total. The van der Waals surface area contributed by atoms with Gasteiger partial charge in [-0.05, 0) is 72.9 Å². The maximum absolute atomic E-state index is 14.0. The number of hydrogen-bond acceptors (Lipinski definition) is 7. The number of carbonyl (C=O) groups excluding carboxylic acids is 2. The van der Waals surface area contributed by atoms with Gasteiger partial charge in [-0.3, -0.25) is 9.59 Å². The van der Waals surface area contributed by atoms with Gasteiger partial charge in [0.15, 0.2) is 11.5 Å². The molecule has 1 aromatic carbocycles. The summed E-state index contributed by atoms with van der Waals surface area (Å²) < 4.78 is 1.04. The molecule has 3 saturated carbocycles. The number of aromatic carboxylic acids is 1. The summed E-state index contributed by atoms with van der Waals surface area (Å²) in [5.41, 5.74) is -0.445. The molecule has 0 unspecified atom stereocenters. The number of thioether (sulfide) groups is 1. The zero-order chi connectivity index (χ0) is 26.5. The summed E-state index contributed by atoms with van der Waals surface area (Å²) in [7, 11) is 0. The number of carboxylic acids is 1. The fraction of sp³-hybridized carbons (Fsp3) is 0.393. The number of amides is 1. The summed E-state index contributed by atoms with van der Waals surface area (Å²) in [5, 5.41) is 34.1. The van der Waals surface area contributed by atoms with Crippen molar-refractivity contribution in [2.45, 2.75) is 49.7 Å². The lowest BCUT2D eigenvalue weighted by atomic mass is 9.44. The Kier molecular flexibility index (Phi) is 6.48. The third-order valence-corrected chi connectivity index (χ3v) is 10.5. The number of nitrogens with one attached hydrogen (secondary N) is 1. The first-order chi connectivity index (χ1) is 17.5. The zero-order valence-electron chi connectivity index (χ0n) is 20.5. The minimum Gasteiger partial charge on any atom is -0.506 e. The molecular formula is C28H29NO6S2. The lowest BCUT2D eigenvalue weighted by Crippen LogP contribution is -2.55. The molecule has 4 atom stereocenters. The van der Waals surface area contributed by atoms with Gasteiger partial charge in [0.25, 0.3) is 0 Å². The van der Waals surface area contributed by atoms with E-state index in [4.69, 9.17) is 0 Å². The Morgan fingerprint density at radius 1 is 1.27 bits per heavy atom. The van der Waals surface area contributed by atoms with Crippen LogP contribution >= 0.6 is 23.1 Å². The molecular weight excluding hydrogens is 510 g/mol. The molecule has 1 spiro atoms. The Bertz CT molecular complexity index is 1330. The zero-order valence-corrected chi connectivity index (χ0v) is 22.1. The second kappa shape index (κ2) is 9.36. The van der Waals surface area contributed by atoms with Crippen molar-refractivity contribution in [2.24, 2.45) is 22.7 Å². The molecule has 0 radical (unpaired) electrons. The van der Waals surface area contributed by atoms with Crippen LogP contribution in [0.3, 0.4) is 0 Å². The topological polar surface area (TPSA) is 124 Å². The molecule has 9 heteroatoms. The Hall–Kier alpha value is -3.04. The van der Waals surface area contributed by atoms with Crippen LogP contribution in [0.5, 0.6) is 11.5 Å². The summed E-state index contributed by atoms with van der Waals surface area (Å²) in [5.74, 6) is -2.50. The standard InChI is InChI=1S/C28H29NO6S2/c1-15-13-28-10-7-16(15)12-20(28)27(2,25(33)19(14-28)37-22-4-3-11-36-22)9-8-21(31)29-23-18(30)6-5-17(24(23)32)26(34)35/h3-6,11,14,16,20,30,32H,1,7-10,12-13H2,2H3,(H,29,31)(H,34,35)/t16-,20-,27-,28+/m0/s1. The average Bonchev–Trinajstić information content (AvgIpc) is 3.36. The van der Waals surface area contributed by atoms with E-state index in [0.717, 1.165) is 46.9 Å². The molecule has 1 heterocycles. The highest BCUT2D eigenvalue weighted by Crippen LogP contribution is 2.66. The minimum absolute atomic E-state index is 0.0203. The summed E-state index contributed by atoms with van der Waals surface area (Å²) in [6.07, 6.45) is 6.26. The number of carboxylic acid groups (broad SMARTS) is 1. The highest BCUT2D eigenvalue weighted by atomic mass is 32.2. The van der Waals surface area contributed by atoms with E-state index in [0.29, 0.717) is 12.3 Å². The average molecular weight is 540 g/mol. The number of thiophene rings is 1. The van der Waals surface area contributed by atoms with E-state index in [-0.39, 0.29) is 29.2 Å². The molecule has 4 aliphatic carbocycles. The molecule has 2 bridgehead atoms. The number of anilines is 1. The minimum atomic E-state index is -1.38. The first kappa shape index (κ1) is 25.6. The van der Waals surface area contributed by atoms with E-state index >= 15 is 0 Å². The van der Waals surface area contributed by atoms with Crippen molar-refractivity contribution in [1.82, 2.24) is 0 Å². The molecule has 0 saturated heterocycles. The van der Waals surface area contributed by atoms with Crippen LogP contribution in [-0.4, -0.2) is 33.0 Å². The van der Waals surface area contributed by atoms with Gasteiger partial charge in [-0.2, -0.15) is 0 Å². The molecule has 6 rings (SSSR count). The SMILES string of the molecule is C=C1C[C@]23C=C(Sc4cccs4)C(=O)[C@@](C)(CCC(=O)Nc4c(O)ccc(C(=O)O)c4O)[C@@H]2C[C@@H]1CC3. The smallest absolute Gasteiger partial charge is 0.339 e. The molecule has 0 aliphatic heterocycles. The lowest BCUT2D eigenvalue weighted by molar-refractivity contribution is -0.136. The van der Waals surface area contributed by atoms with Crippen molar-refractivity contribution < 1.29 is 29.7 Å². The van der Waals surface area contributed by atoms with Crippen molar-refractivity contribution in [2.75, 3.05) is 5.32 Å². The van der Waals surface area contributed by atoms with E-state index in [1.807, 2.05) is 24.4 Å². The fourth-order valence-corrected chi connectivity index (χ4v) is 8.59. The van der Waals surface area contributed by atoms with Crippen LogP contribution < -0.4 is 5.32 Å². The third-order valence-electron chi connectivity index (χ3n) is 8.46. The Labute approximate surface area is 223 Å². The van der Waals surface area contributed by atoms with Gasteiger partial charge in [0.2, 0.25) is 5.91 Å². The van der Waals surface area contributed by atoms with Gasteiger partial charge in [-0.1, -0.05) is 43.0 Å². The summed E-state index contributed by atoms with van der Waals surface area (Å²) >= 11 is 3.08. The highest BCUT2D eigenvalue weighted by molar-refractivity contribution is 8.05. The first-order valence-electron chi connectivity index (χ1n) is 12.3. The number of Topliss-reactive ketones (excluding diaryl/α,β-unsaturated/α-hetero) is 1. The molecule has 4 N–H and O–H groups in total. The summed E-state index contributed by atoms with van der Waals surface area (Å²) in [4.78, 5) is 39.0. The second-order valence-electron chi connectivity index (χ2n) is 10.6. The van der Waals surface area contributed by atoms with E-state index < -0.39 is 34.4 Å². The van der Waals surface area contributed by atoms with Crippen LogP contribution in [0.15, 0.2) is 57.0 Å². The molecule has 1 amide bonds. The highest BCUT2D eigenvalue weighted by Gasteiger charge is 2.60. The van der Waals surface area contributed by atoms with Crippen LogP contribution in [0.25, 0.3) is 0 Å². The molecule has 1 aromatic heterocycles. The quantitative estimate of drug-likeness (QED) is 0.244. The number of benzene rings is 1. The van der Waals surface area contributed by atoms with Gasteiger partial charge < -0.3 is 20.6 Å². The Morgan fingerprint density at radius 2 is 2.05 bits per heavy atom. The van der Waals surface area contributed by atoms with Crippen molar-refractivity contribution >= 4 is 46.4 Å². The molecule has 4 aliphatic rings. The predicted molar refractivity (Wildman–Crippen MR) is 143 cm³/mol. The van der Waals surface area contributed by atoms with Crippen molar-refractivity contribution in [3.8, 4) is 11.5 Å². The van der Waals surface area contributed by atoms with Crippen molar-refractivity contribution in [3.63, 3.8) is 0 Å². The number of phenols is 2. The van der Waals surface area contributed by atoms with Crippen LogP contribution in [0, 0.1) is 22.7 Å². The molecule has 2 aromatic rings.